The number of amides is 3. The number of fused-ring (bicyclic) bond motifs is 3. The molecule has 4 atom stereocenters. The molecule has 2 aliphatic heterocycles. The minimum absolute atomic E-state index is 0.0549. The molecule has 2 fully saturated rings. The average molecular weight is 611 g/mol. The molecule has 3 amide bonds. The number of phenolic OH excluding ortho intramolecular Hbond substituents is 1. The minimum Gasteiger partial charge on any atom is -0.507 e. The Hall–Kier alpha value is -3.32. The van der Waals surface area contributed by atoms with E-state index in [9.17, 15) is 29.6 Å². The van der Waals surface area contributed by atoms with Crippen molar-refractivity contribution >= 4 is 52.6 Å². The van der Waals surface area contributed by atoms with Crippen molar-refractivity contribution < 1.29 is 39.0 Å². The highest BCUT2D eigenvalue weighted by Gasteiger charge is 2.59. The zero-order chi connectivity index (χ0) is 28.6. The third-order valence-electron chi connectivity index (χ3n) is 7.85. The third kappa shape index (κ3) is 5.24. The van der Waals surface area contributed by atoms with Crippen LogP contribution in [0.4, 0.5) is 4.79 Å². The largest absolute Gasteiger partial charge is 0.507 e. The number of aliphatic hydroxyl groups excluding tert-OH is 1. The van der Waals surface area contributed by atoms with Crippen molar-refractivity contribution in [3.63, 3.8) is 0 Å². The maximum atomic E-state index is 13.3. The van der Waals surface area contributed by atoms with Gasteiger partial charge in [0, 0.05) is 16.2 Å². The summed E-state index contributed by atoms with van der Waals surface area (Å²) in [6.07, 6.45) is 2.76. The number of carbonyl (C=O) groups excluding carboxylic acids is 3. The number of pyridine rings is 1. The first-order valence-electron chi connectivity index (χ1n) is 13.0. The molecule has 40 heavy (non-hydrogen) atoms. The molecule has 1 aliphatic carbocycles. The van der Waals surface area contributed by atoms with E-state index in [1.165, 1.54) is 0 Å². The number of carbonyl (C=O) groups is 3. The van der Waals surface area contributed by atoms with Gasteiger partial charge in [-0.15, -0.1) is 0 Å². The van der Waals surface area contributed by atoms with Gasteiger partial charge in [-0.25, -0.2) is 4.79 Å². The van der Waals surface area contributed by atoms with Crippen LogP contribution >= 0.6 is 15.9 Å². The normalized spacial score (nSPS) is 24.8. The van der Waals surface area contributed by atoms with Crippen molar-refractivity contribution in [2.75, 3.05) is 13.7 Å². The molecule has 5 rings (SSSR count). The summed E-state index contributed by atoms with van der Waals surface area (Å²) >= 11 is 3.43. The monoisotopic (exact) mass is 610 g/mol. The van der Waals surface area contributed by atoms with Gasteiger partial charge in [-0.05, 0) is 84.6 Å². The smallest absolute Gasteiger partial charge is 0.455 e. The van der Waals surface area contributed by atoms with Crippen LogP contribution in [0.5, 0.6) is 5.75 Å². The summed E-state index contributed by atoms with van der Waals surface area (Å²) in [6.45, 7) is -0.348. The standard InChI is InChI=1S/C28H28BBrN2O8/c1-39-28(37)32-26(35)19-12-17(14-33)24-20(25(19)27(32)36)13-29(38)40-23(24)8-5-15(21-4-2-3-9-31-21)10-16-11-18(30)6-7-22(16)34/h2-4,6-7,9-11,19-20,23,25,33-34,38H,5,8,12-14H2,1H3/b15-10-/t19-,20+,23-,25-/m1/s1. The van der Waals surface area contributed by atoms with Gasteiger partial charge in [-0.3, -0.25) is 14.6 Å². The van der Waals surface area contributed by atoms with Crippen molar-refractivity contribution in [1.29, 1.82) is 0 Å². The van der Waals surface area contributed by atoms with Crippen LogP contribution in [0.25, 0.3) is 11.6 Å². The van der Waals surface area contributed by atoms with Crippen LogP contribution in [-0.2, 0) is 19.0 Å². The molecule has 3 heterocycles. The number of aromatic nitrogens is 1. The van der Waals surface area contributed by atoms with E-state index in [0.29, 0.717) is 40.1 Å². The van der Waals surface area contributed by atoms with Gasteiger partial charge in [0.25, 0.3) is 0 Å². The van der Waals surface area contributed by atoms with Crippen LogP contribution in [0.1, 0.15) is 30.5 Å². The lowest BCUT2D eigenvalue weighted by molar-refractivity contribution is -0.137. The van der Waals surface area contributed by atoms with E-state index in [1.807, 2.05) is 18.2 Å². The Labute approximate surface area is 239 Å². The van der Waals surface area contributed by atoms with E-state index in [2.05, 4.69) is 25.7 Å². The van der Waals surface area contributed by atoms with Crippen molar-refractivity contribution in [2.24, 2.45) is 17.8 Å². The zero-order valence-corrected chi connectivity index (χ0v) is 23.3. The molecule has 0 saturated carbocycles. The molecule has 1 aromatic carbocycles. The lowest BCUT2D eigenvalue weighted by atomic mass is 9.58. The molecule has 2 saturated heterocycles. The second kappa shape index (κ2) is 11.7. The van der Waals surface area contributed by atoms with Crippen LogP contribution in [-0.4, -0.2) is 70.0 Å². The van der Waals surface area contributed by atoms with Crippen molar-refractivity contribution in [2.45, 2.75) is 31.7 Å². The fraction of sp³-hybridized carbons (Fsp3) is 0.357. The molecular weight excluding hydrogens is 583 g/mol. The van der Waals surface area contributed by atoms with Gasteiger partial charge in [0.05, 0.1) is 37.4 Å². The Morgan fingerprint density at radius 1 is 1.25 bits per heavy atom. The molecule has 0 radical (unpaired) electrons. The summed E-state index contributed by atoms with van der Waals surface area (Å²) in [5.74, 6) is -3.48. The Morgan fingerprint density at radius 2 is 2.05 bits per heavy atom. The highest BCUT2D eigenvalue weighted by molar-refractivity contribution is 9.10. The van der Waals surface area contributed by atoms with Crippen LogP contribution in [0.2, 0.25) is 6.32 Å². The first-order valence-corrected chi connectivity index (χ1v) is 13.7. The van der Waals surface area contributed by atoms with E-state index < -0.39 is 48.9 Å². The first kappa shape index (κ1) is 28.2. The van der Waals surface area contributed by atoms with Gasteiger partial charge in [0.2, 0.25) is 11.8 Å². The second-order valence-electron chi connectivity index (χ2n) is 10.1. The SMILES string of the molecule is COC(=O)N1C(=O)[C@@H]2[C@@H](CC(CO)=C3[C@@H](CC/C(=C/c4cc(Br)ccc4O)c4ccccn4)OB(O)C[C@@H]32)C1=O. The number of rotatable bonds is 6. The van der Waals surface area contributed by atoms with E-state index in [4.69, 9.17) is 4.65 Å². The average Bonchev–Trinajstić information content (AvgIpc) is 3.21. The summed E-state index contributed by atoms with van der Waals surface area (Å²) in [5, 5.41) is 31.4. The van der Waals surface area contributed by atoms with E-state index >= 15 is 0 Å². The predicted molar refractivity (Wildman–Crippen MR) is 148 cm³/mol. The molecular formula is C28H28BBrN2O8. The number of hydrogen-bond donors (Lipinski definition) is 3. The maximum Gasteiger partial charge on any atom is 0.455 e. The van der Waals surface area contributed by atoms with Crippen molar-refractivity contribution in [3.8, 4) is 5.75 Å². The molecule has 2 aromatic rings. The number of ether oxygens (including phenoxy) is 1. The molecule has 0 bridgehead atoms. The number of phenols is 1. The fourth-order valence-electron chi connectivity index (χ4n) is 6.12. The van der Waals surface area contributed by atoms with E-state index in [0.717, 1.165) is 17.2 Å². The number of hydrogen-bond acceptors (Lipinski definition) is 9. The number of aliphatic hydroxyl groups is 1. The quantitative estimate of drug-likeness (QED) is 0.254. The number of benzene rings is 1. The maximum absolute atomic E-state index is 13.3. The summed E-state index contributed by atoms with van der Waals surface area (Å²) in [6, 6.07) is 10.6. The Bertz CT molecular complexity index is 1400. The Balaban J connectivity index is 1.48. The molecule has 0 spiro atoms. The van der Waals surface area contributed by atoms with E-state index in [-0.39, 0.29) is 25.1 Å². The first-order chi connectivity index (χ1) is 19.2. The van der Waals surface area contributed by atoms with Crippen LogP contribution in [0, 0.1) is 17.8 Å². The number of allylic oxidation sites excluding steroid dienone is 1. The van der Waals surface area contributed by atoms with Gasteiger partial charge < -0.3 is 24.6 Å². The van der Waals surface area contributed by atoms with Gasteiger partial charge in [-0.2, -0.15) is 4.90 Å². The number of aromatic hydroxyl groups is 1. The zero-order valence-electron chi connectivity index (χ0n) is 21.7. The van der Waals surface area contributed by atoms with Gasteiger partial charge in [0.1, 0.15) is 5.75 Å². The topological polar surface area (TPSA) is 146 Å². The van der Waals surface area contributed by atoms with E-state index in [1.54, 1.807) is 30.5 Å². The lowest BCUT2D eigenvalue weighted by Crippen LogP contribution is -2.46. The van der Waals surface area contributed by atoms with Crippen LogP contribution < -0.4 is 0 Å². The van der Waals surface area contributed by atoms with Crippen LogP contribution in [0.3, 0.4) is 0 Å². The fourth-order valence-corrected chi connectivity index (χ4v) is 6.50. The number of imide groups is 3. The summed E-state index contributed by atoms with van der Waals surface area (Å²) in [4.78, 5) is 43.5. The molecule has 3 aliphatic rings. The Kier molecular flexibility index (Phi) is 8.22. The summed E-state index contributed by atoms with van der Waals surface area (Å²) in [7, 11) is -0.105. The molecule has 3 N–H and O–H groups in total. The predicted octanol–water partition coefficient (Wildman–Crippen LogP) is 3.43. The van der Waals surface area contributed by atoms with Crippen LogP contribution in [0.15, 0.2) is 58.2 Å². The van der Waals surface area contributed by atoms with Gasteiger partial charge in [-0.1, -0.05) is 22.0 Å². The Morgan fingerprint density at radius 3 is 2.75 bits per heavy atom. The highest BCUT2D eigenvalue weighted by Crippen LogP contribution is 2.50. The molecule has 12 heteroatoms. The van der Waals surface area contributed by atoms with Crippen molar-refractivity contribution in [3.05, 3.63) is 69.5 Å². The molecule has 0 unspecified atom stereocenters. The van der Waals surface area contributed by atoms with Gasteiger partial charge >= 0.3 is 13.2 Å². The minimum atomic E-state index is -1.20. The molecule has 10 nitrogen and oxygen atoms in total. The second-order valence-corrected chi connectivity index (χ2v) is 11.0. The summed E-state index contributed by atoms with van der Waals surface area (Å²) < 4.78 is 11.4. The lowest BCUT2D eigenvalue weighted by Gasteiger charge is -2.42. The molecule has 208 valence electrons. The van der Waals surface area contributed by atoms with Crippen molar-refractivity contribution in [1.82, 2.24) is 9.88 Å². The highest BCUT2D eigenvalue weighted by atomic mass is 79.9. The number of methoxy groups -OCH3 is 1. The third-order valence-corrected chi connectivity index (χ3v) is 8.34. The number of halogens is 1. The van der Waals surface area contributed by atoms with Gasteiger partial charge in [0.15, 0.2) is 0 Å². The molecule has 1 aromatic heterocycles. The number of nitrogens with zero attached hydrogens (tertiary/aromatic N) is 2. The summed E-state index contributed by atoms with van der Waals surface area (Å²) in [5.41, 5.74) is 3.35. The number of likely N-dealkylation sites (tertiary alicyclic amines) is 1.